The lowest BCUT2D eigenvalue weighted by atomic mass is 9.45. The molecular formula is C32H36O9. The molecule has 0 unspecified atom stereocenters. The minimum Gasteiger partial charge on any atom is -0.478 e. The summed E-state index contributed by atoms with van der Waals surface area (Å²) < 4.78 is 29.7. The standard InChI is InChI=1S/C32H36O9/c1-18(33)37-17-31(5)25-16-28(39-20(3)35)32(6)26(30(25,4)13-12-27(31)38-19(2)34)14-22-24(41-32)15-23(40-29(22)36)21-10-8-7-9-11-21/h7-11,14-15,25,27-28H,12-13,16-17H2,1-6H3/t25-,27+,28+,30+,31+,32+/m1/s1. The fourth-order valence-electron chi connectivity index (χ4n) is 7.37. The van der Waals surface area contributed by atoms with Crippen LogP contribution in [-0.2, 0) is 28.6 Å². The van der Waals surface area contributed by atoms with Crippen LogP contribution < -0.4 is 10.4 Å². The second-order valence-electron chi connectivity index (χ2n) is 12.0. The largest absolute Gasteiger partial charge is 0.478 e. The van der Waals surface area contributed by atoms with E-state index in [1.54, 1.807) is 6.07 Å². The molecule has 9 heteroatoms. The lowest BCUT2D eigenvalue weighted by Crippen LogP contribution is -2.66. The van der Waals surface area contributed by atoms with Gasteiger partial charge in [0.15, 0.2) is 5.60 Å². The van der Waals surface area contributed by atoms with Crippen molar-refractivity contribution >= 4 is 24.0 Å². The summed E-state index contributed by atoms with van der Waals surface area (Å²) in [6.07, 6.45) is 2.02. The smallest absolute Gasteiger partial charge is 0.347 e. The topological polar surface area (TPSA) is 118 Å². The average Bonchev–Trinajstić information content (AvgIpc) is 2.90. The predicted molar refractivity (Wildman–Crippen MR) is 149 cm³/mol. The van der Waals surface area contributed by atoms with Crippen LogP contribution >= 0.6 is 0 Å². The van der Waals surface area contributed by atoms with Gasteiger partial charge in [0.2, 0.25) is 0 Å². The van der Waals surface area contributed by atoms with Gasteiger partial charge in [-0.05, 0) is 49.2 Å². The van der Waals surface area contributed by atoms with E-state index in [0.29, 0.717) is 30.8 Å². The lowest BCUT2D eigenvalue weighted by molar-refractivity contribution is -0.203. The molecule has 0 bridgehead atoms. The fourth-order valence-corrected chi connectivity index (χ4v) is 7.37. The minimum atomic E-state index is -1.09. The van der Waals surface area contributed by atoms with Crippen molar-refractivity contribution in [1.82, 2.24) is 0 Å². The summed E-state index contributed by atoms with van der Waals surface area (Å²) in [7, 11) is 0. The van der Waals surface area contributed by atoms with Crippen LogP contribution in [0.3, 0.4) is 0 Å². The number of benzene rings is 1. The number of hydrogen-bond acceptors (Lipinski definition) is 9. The molecule has 2 fully saturated rings. The van der Waals surface area contributed by atoms with E-state index in [2.05, 4.69) is 6.92 Å². The van der Waals surface area contributed by atoms with Crippen LogP contribution in [-0.4, -0.2) is 42.3 Å². The second-order valence-corrected chi connectivity index (χ2v) is 12.0. The van der Waals surface area contributed by atoms with E-state index in [1.165, 1.54) is 20.8 Å². The van der Waals surface area contributed by atoms with E-state index in [-0.39, 0.29) is 18.1 Å². The van der Waals surface area contributed by atoms with Crippen molar-refractivity contribution < 1.29 is 37.7 Å². The molecular weight excluding hydrogens is 528 g/mol. The molecule has 0 N–H and O–H groups in total. The number of fused-ring (bicyclic) bond motifs is 4. The normalized spacial score (nSPS) is 31.8. The van der Waals surface area contributed by atoms with E-state index >= 15 is 0 Å². The molecule has 0 amide bonds. The Morgan fingerprint density at radius 2 is 1.61 bits per heavy atom. The Bertz CT molecular complexity index is 1470. The van der Waals surface area contributed by atoms with Gasteiger partial charge in [-0.25, -0.2) is 4.79 Å². The Kier molecular flexibility index (Phi) is 7.12. The Morgan fingerprint density at radius 1 is 0.951 bits per heavy atom. The van der Waals surface area contributed by atoms with Gasteiger partial charge in [-0.15, -0.1) is 0 Å². The third kappa shape index (κ3) is 4.85. The van der Waals surface area contributed by atoms with Crippen LogP contribution in [0.2, 0.25) is 0 Å². The van der Waals surface area contributed by atoms with Gasteiger partial charge in [-0.3, -0.25) is 14.4 Å². The average molecular weight is 565 g/mol. The third-order valence-electron chi connectivity index (χ3n) is 9.26. The second kappa shape index (κ2) is 10.2. The molecule has 2 aromatic rings. The van der Waals surface area contributed by atoms with Crippen molar-refractivity contribution in [2.75, 3.05) is 6.61 Å². The number of carbonyl (C=O) groups excluding carboxylic acids is 3. The molecule has 41 heavy (non-hydrogen) atoms. The van der Waals surface area contributed by atoms with Crippen LogP contribution in [0.25, 0.3) is 17.4 Å². The van der Waals surface area contributed by atoms with Crippen molar-refractivity contribution in [2.24, 2.45) is 16.7 Å². The highest BCUT2D eigenvalue weighted by atomic mass is 16.6. The molecule has 1 aliphatic heterocycles. The number of rotatable bonds is 5. The maximum atomic E-state index is 13.3. The summed E-state index contributed by atoms with van der Waals surface area (Å²) in [6.45, 7) is 9.97. The van der Waals surface area contributed by atoms with E-state index in [9.17, 15) is 19.2 Å². The Hall–Kier alpha value is -3.88. The van der Waals surface area contributed by atoms with Gasteiger partial charge < -0.3 is 23.4 Å². The van der Waals surface area contributed by atoms with Crippen LogP contribution in [0.5, 0.6) is 5.75 Å². The number of ether oxygens (including phenoxy) is 4. The lowest BCUT2D eigenvalue weighted by Gasteiger charge is -2.63. The molecule has 3 aliphatic rings. The highest BCUT2D eigenvalue weighted by molar-refractivity contribution is 5.71. The van der Waals surface area contributed by atoms with Gasteiger partial charge in [0.1, 0.15) is 35.9 Å². The van der Waals surface area contributed by atoms with E-state index in [0.717, 1.165) is 11.1 Å². The predicted octanol–water partition coefficient (Wildman–Crippen LogP) is 5.09. The van der Waals surface area contributed by atoms with E-state index in [1.807, 2.05) is 50.3 Å². The first-order valence-corrected chi connectivity index (χ1v) is 13.9. The van der Waals surface area contributed by atoms with Gasteiger partial charge in [-0.1, -0.05) is 44.2 Å². The van der Waals surface area contributed by atoms with Gasteiger partial charge in [0, 0.05) is 37.8 Å². The Morgan fingerprint density at radius 3 is 2.24 bits per heavy atom. The summed E-state index contributed by atoms with van der Waals surface area (Å²) in [5.74, 6) is -0.891. The first-order valence-electron chi connectivity index (χ1n) is 13.9. The van der Waals surface area contributed by atoms with Gasteiger partial charge >= 0.3 is 23.5 Å². The molecule has 218 valence electrons. The zero-order valence-corrected chi connectivity index (χ0v) is 24.3. The number of hydrogen-bond donors (Lipinski definition) is 0. The van der Waals surface area contributed by atoms with E-state index < -0.39 is 52.2 Å². The zero-order valence-electron chi connectivity index (χ0n) is 24.3. The maximum Gasteiger partial charge on any atom is 0.347 e. The first kappa shape index (κ1) is 28.6. The highest BCUT2D eigenvalue weighted by Crippen LogP contribution is 2.65. The van der Waals surface area contributed by atoms with E-state index in [4.69, 9.17) is 23.4 Å². The summed E-state index contributed by atoms with van der Waals surface area (Å²) >= 11 is 0. The number of carbonyl (C=O) groups is 3. The molecule has 9 nitrogen and oxygen atoms in total. The van der Waals surface area contributed by atoms with Crippen LogP contribution in [0.1, 0.15) is 66.4 Å². The minimum absolute atomic E-state index is 0.0113. The Balaban J connectivity index is 1.68. The van der Waals surface area contributed by atoms with Crippen molar-refractivity contribution in [3.8, 4) is 17.1 Å². The maximum absolute atomic E-state index is 13.3. The Labute approximate surface area is 238 Å². The molecule has 6 atom stereocenters. The van der Waals surface area contributed by atoms with Crippen molar-refractivity contribution in [1.29, 1.82) is 0 Å². The summed E-state index contributed by atoms with van der Waals surface area (Å²) in [5.41, 5.74) is -1.23. The molecule has 1 aromatic heterocycles. The third-order valence-corrected chi connectivity index (χ3v) is 9.26. The quantitative estimate of drug-likeness (QED) is 0.361. The monoisotopic (exact) mass is 564 g/mol. The molecule has 5 rings (SSSR count). The van der Waals surface area contributed by atoms with Crippen LogP contribution in [0.4, 0.5) is 0 Å². The summed E-state index contributed by atoms with van der Waals surface area (Å²) in [5, 5.41) is 0. The summed E-state index contributed by atoms with van der Waals surface area (Å²) in [6, 6.07) is 11.0. The van der Waals surface area contributed by atoms with Crippen molar-refractivity contribution in [3.05, 3.63) is 58.0 Å². The molecule has 1 aromatic carbocycles. The first-order chi connectivity index (χ1) is 19.3. The summed E-state index contributed by atoms with van der Waals surface area (Å²) in [4.78, 5) is 49.8. The SMILES string of the molecule is CC(=O)OC[C@]1(C)[C@@H](OC(C)=O)CC[C@]2(C)C3=Cc4c(cc(-c5ccccc5)oc4=O)O[C@]3(C)[C@@H](OC(C)=O)C[C@@H]12. The zero-order chi connectivity index (χ0) is 29.7. The molecule has 0 radical (unpaired) electrons. The number of esters is 3. The van der Waals surface area contributed by atoms with Gasteiger partial charge in [0.05, 0.1) is 0 Å². The fraction of sp³-hybridized carbons (Fsp3) is 0.500. The van der Waals surface area contributed by atoms with Gasteiger partial charge in [-0.2, -0.15) is 0 Å². The van der Waals surface area contributed by atoms with Crippen LogP contribution in [0, 0.1) is 16.7 Å². The molecule has 2 aliphatic carbocycles. The molecule has 2 heterocycles. The van der Waals surface area contributed by atoms with Crippen molar-refractivity contribution in [2.45, 2.75) is 78.6 Å². The van der Waals surface area contributed by atoms with Gasteiger partial charge in [0.25, 0.3) is 0 Å². The van der Waals surface area contributed by atoms with Crippen molar-refractivity contribution in [3.63, 3.8) is 0 Å². The highest BCUT2D eigenvalue weighted by Gasteiger charge is 2.66. The molecule has 0 spiro atoms. The molecule has 2 saturated carbocycles. The van der Waals surface area contributed by atoms with Crippen LogP contribution in [0.15, 0.2) is 51.2 Å². The molecule has 0 saturated heterocycles.